The Labute approximate surface area is 451 Å². The van der Waals surface area contributed by atoms with Crippen molar-refractivity contribution in [2.24, 2.45) is 0 Å². The average molecular weight is 1150 g/mol. The fourth-order valence-corrected chi connectivity index (χ4v) is 9.44. The van der Waals surface area contributed by atoms with Gasteiger partial charge < -0.3 is 29.0 Å². The van der Waals surface area contributed by atoms with E-state index in [9.17, 15) is 40.5 Å². The summed E-state index contributed by atoms with van der Waals surface area (Å²) in [4.78, 5) is 23.9. The zero-order valence-electron chi connectivity index (χ0n) is 42.8. The van der Waals surface area contributed by atoms with Crippen LogP contribution in [0.25, 0.3) is 11.1 Å². The highest BCUT2D eigenvalue weighted by atomic mass is 79.9. The lowest BCUT2D eigenvalue weighted by Gasteiger charge is -2.21. The van der Waals surface area contributed by atoms with E-state index in [1.807, 2.05) is 6.07 Å². The van der Waals surface area contributed by atoms with Crippen molar-refractivity contribution < 1.29 is 64.2 Å². The van der Waals surface area contributed by atoms with Crippen LogP contribution in [0, 0.1) is 34.3 Å². The Kier molecular flexibility index (Phi) is 22.0. The molecular weight excluding hydrogens is 1090 g/mol. The Hall–Kier alpha value is -7.02. The molecule has 0 aromatic heterocycles. The van der Waals surface area contributed by atoms with Crippen LogP contribution in [0.1, 0.15) is 63.8 Å². The van der Waals surface area contributed by atoms with Crippen molar-refractivity contribution in [1.82, 2.24) is 8.61 Å². The molecule has 0 saturated heterocycles. The lowest BCUT2D eigenvalue weighted by molar-refractivity contribution is -0.158. The molecule has 0 unspecified atom stereocenters. The van der Waals surface area contributed by atoms with Gasteiger partial charge in [-0.15, -0.1) is 0 Å². The van der Waals surface area contributed by atoms with Crippen LogP contribution in [0.2, 0.25) is 0 Å². The van der Waals surface area contributed by atoms with Gasteiger partial charge in [-0.1, -0.05) is 36.4 Å². The number of hydrogen-bond acceptors (Lipinski definition) is 14. The molecule has 76 heavy (non-hydrogen) atoms. The van der Waals surface area contributed by atoms with E-state index in [1.54, 1.807) is 120 Å². The first kappa shape index (κ1) is 61.5. The number of nitrogens with zero attached hydrogens (tertiary/aromatic N) is 4. The van der Waals surface area contributed by atoms with E-state index in [2.05, 4.69) is 22.0 Å². The first-order valence-corrected chi connectivity index (χ1v) is 26.6. The van der Waals surface area contributed by atoms with Crippen molar-refractivity contribution in [2.75, 3.05) is 27.3 Å². The summed E-state index contributed by atoms with van der Waals surface area (Å²) in [6, 6.07) is 36.5. The summed E-state index contributed by atoms with van der Waals surface area (Å²) >= 11 is 3.37. The van der Waals surface area contributed by atoms with E-state index in [1.165, 1.54) is 48.7 Å². The summed E-state index contributed by atoms with van der Waals surface area (Å²) in [6.07, 6.45) is 0. The van der Waals surface area contributed by atoms with Gasteiger partial charge in [0.15, 0.2) is 13.2 Å². The Morgan fingerprint density at radius 2 is 1.03 bits per heavy atom. The Balaban J connectivity index is 0.000000278. The first-order chi connectivity index (χ1) is 35.5. The SMILES string of the molecule is CN(Cc1ccc(OCC(=O)OC(C)(C)C)c(-c2cccc(C#N)c2)c1)S(=O)(=O)c1ccc(F)cc1.CN(Cc1ccc(OCC(=O)OC(C)(C)C)c(Br)c1)S(=O)(=O)c1ccc(F)cc1.N#Cc1cccc(B(O)O)c1. The van der Waals surface area contributed by atoms with Crippen LogP contribution in [0.5, 0.6) is 11.5 Å². The number of sulfonamides is 2. The molecule has 0 amide bonds. The second-order valence-corrected chi connectivity index (χ2v) is 23.5. The minimum absolute atomic E-state index is 0.0118. The maximum absolute atomic E-state index is 13.2. The van der Waals surface area contributed by atoms with Crippen molar-refractivity contribution in [3.05, 3.63) is 172 Å². The van der Waals surface area contributed by atoms with Crippen molar-refractivity contribution in [1.29, 1.82) is 10.5 Å². The van der Waals surface area contributed by atoms with Gasteiger partial charge in [-0.3, -0.25) is 0 Å². The van der Waals surface area contributed by atoms with E-state index in [0.29, 0.717) is 54.8 Å². The topological polar surface area (TPSA) is 234 Å². The molecule has 6 aromatic carbocycles. The molecular formula is C54H56BBrF2N4O12S2. The highest BCUT2D eigenvalue weighted by Gasteiger charge is 2.24. The molecule has 2 N–H and O–H groups in total. The minimum Gasteiger partial charge on any atom is -0.481 e. The maximum Gasteiger partial charge on any atom is 0.488 e. The van der Waals surface area contributed by atoms with E-state index < -0.39 is 61.9 Å². The second-order valence-electron chi connectivity index (χ2n) is 18.6. The highest BCUT2D eigenvalue weighted by molar-refractivity contribution is 9.10. The molecule has 0 spiro atoms. The number of hydrogen-bond donors (Lipinski definition) is 2. The van der Waals surface area contributed by atoms with Gasteiger partial charge in [0.1, 0.15) is 34.3 Å². The molecule has 0 heterocycles. The van der Waals surface area contributed by atoms with Gasteiger partial charge >= 0.3 is 19.1 Å². The third-order valence-electron chi connectivity index (χ3n) is 10.0. The molecule has 6 aromatic rings. The number of rotatable bonds is 16. The van der Waals surface area contributed by atoms with Crippen molar-refractivity contribution in [2.45, 2.75) is 75.6 Å². The van der Waals surface area contributed by atoms with Crippen LogP contribution in [0.15, 0.2) is 148 Å². The van der Waals surface area contributed by atoms with E-state index >= 15 is 0 Å². The van der Waals surface area contributed by atoms with Crippen LogP contribution >= 0.6 is 15.9 Å². The summed E-state index contributed by atoms with van der Waals surface area (Å²) in [6.45, 7) is 10.2. The van der Waals surface area contributed by atoms with Gasteiger partial charge in [0.2, 0.25) is 20.0 Å². The molecule has 0 fully saturated rings. The molecule has 0 aliphatic carbocycles. The van der Waals surface area contributed by atoms with Gasteiger partial charge in [0, 0.05) is 32.7 Å². The standard InChI is InChI=1S/C27H27FN2O5S.C20H23BrFNO5S.C7H6BNO2/c1-27(2,3)35-26(31)18-34-25-13-8-20(15-24(25)21-7-5-6-19(14-21)16-29)17-30(4)36(32,33)23-11-9-22(28)10-12-23;1-20(2,3)28-19(24)13-27-18-10-5-14(11-17(18)21)12-23(4)29(25,26)16-8-6-15(22)7-9-16;9-5-6-2-1-3-7(4-6)8(10)11/h5-15H,17-18H2,1-4H3;5-11H,12-13H2,1-4H3;1-4,10-11H. The normalized spacial score (nSPS) is 11.4. The van der Waals surface area contributed by atoms with Crippen LogP contribution in [0.3, 0.4) is 0 Å². The highest BCUT2D eigenvalue weighted by Crippen LogP contribution is 2.33. The number of carbonyl (C=O) groups excluding carboxylic acids is 2. The fraction of sp³-hybridized carbons (Fsp3) is 0.259. The molecule has 0 saturated carbocycles. The molecule has 16 nitrogen and oxygen atoms in total. The predicted octanol–water partition coefficient (Wildman–Crippen LogP) is 8.27. The Bertz CT molecular complexity index is 3290. The third kappa shape index (κ3) is 19.3. The number of nitriles is 2. The van der Waals surface area contributed by atoms with Gasteiger partial charge in [-0.05, 0) is 177 Å². The fourth-order valence-electron chi connectivity index (χ4n) is 6.58. The summed E-state index contributed by atoms with van der Waals surface area (Å²) in [5.41, 5.74) is 2.54. The number of ether oxygens (including phenoxy) is 4. The number of carbonyl (C=O) groups is 2. The molecule has 400 valence electrons. The molecule has 0 bridgehead atoms. The lowest BCUT2D eigenvalue weighted by Crippen LogP contribution is -2.29. The number of esters is 2. The molecule has 22 heteroatoms. The third-order valence-corrected chi connectivity index (χ3v) is 14.3. The molecule has 6 rings (SSSR count). The van der Waals surface area contributed by atoms with Gasteiger partial charge in [0.05, 0.1) is 37.5 Å². The first-order valence-electron chi connectivity index (χ1n) is 22.9. The average Bonchev–Trinajstić information content (AvgIpc) is 3.35. The van der Waals surface area contributed by atoms with Crippen molar-refractivity contribution in [3.8, 4) is 34.8 Å². The number of halogens is 3. The zero-order chi connectivity index (χ0) is 56.6. The van der Waals surface area contributed by atoms with Gasteiger partial charge in [-0.2, -0.15) is 19.1 Å². The van der Waals surface area contributed by atoms with E-state index in [0.717, 1.165) is 28.6 Å². The van der Waals surface area contributed by atoms with E-state index in [-0.39, 0.29) is 36.1 Å². The monoisotopic (exact) mass is 1140 g/mol. The summed E-state index contributed by atoms with van der Waals surface area (Å²) in [5.74, 6) is -1.24. The molecule has 0 atom stereocenters. The van der Waals surface area contributed by atoms with Gasteiger partial charge in [-0.25, -0.2) is 35.2 Å². The second kappa shape index (κ2) is 27.2. The quantitative estimate of drug-likeness (QED) is 0.0686. The van der Waals surface area contributed by atoms with Crippen molar-refractivity contribution in [3.63, 3.8) is 0 Å². The molecule has 0 aliphatic heterocycles. The van der Waals surface area contributed by atoms with E-state index in [4.69, 9.17) is 34.3 Å². The van der Waals surface area contributed by atoms with Crippen LogP contribution < -0.4 is 14.9 Å². The van der Waals surface area contributed by atoms with Crippen LogP contribution in [0.4, 0.5) is 8.78 Å². The maximum atomic E-state index is 13.2. The lowest BCUT2D eigenvalue weighted by atomic mass is 9.80. The Morgan fingerprint density at radius 3 is 1.46 bits per heavy atom. The van der Waals surface area contributed by atoms with Crippen LogP contribution in [-0.2, 0) is 52.2 Å². The number of benzene rings is 6. The predicted molar refractivity (Wildman–Crippen MR) is 285 cm³/mol. The summed E-state index contributed by atoms with van der Waals surface area (Å²) in [7, 11) is -6.24. The summed E-state index contributed by atoms with van der Waals surface area (Å²) in [5, 5.41) is 35.1. The Morgan fingerprint density at radius 1 is 0.605 bits per heavy atom. The molecule has 0 aliphatic rings. The van der Waals surface area contributed by atoms with Crippen LogP contribution in [-0.4, -0.2) is 93.1 Å². The largest absolute Gasteiger partial charge is 0.488 e. The molecule has 0 radical (unpaired) electrons. The summed E-state index contributed by atoms with van der Waals surface area (Å²) < 4.78 is 102. The zero-order valence-corrected chi connectivity index (χ0v) is 46.0. The smallest absolute Gasteiger partial charge is 0.481 e. The minimum atomic E-state index is -3.86. The van der Waals surface area contributed by atoms with Gasteiger partial charge in [0.25, 0.3) is 0 Å². The van der Waals surface area contributed by atoms with Crippen molar-refractivity contribution >= 4 is 60.5 Å².